The standard InChI is InChI=1S/2C7H4ClNO4/c2*8-4-2-1-3-5(9(12)13)6(4)7(10)11/h2*1-3H,(H,10,11). The van der Waals surface area contributed by atoms with Gasteiger partial charge in [-0.25, -0.2) is 9.59 Å². The molecule has 0 atom stereocenters. The maximum absolute atomic E-state index is 10.6. The lowest BCUT2D eigenvalue weighted by Crippen LogP contribution is -2.03. The van der Waals surface area contributed by atoms with Gasteiger partial charge in [0.15, 0.2) is 11.1 Å². The van der Waals surface area contributed by atoms with Crippen molar-refractivity contribution < 1.29 is 29.6 Å². The first-order valence-corrected chi connectivity index (χ1v) is 7.15. The van der Waals surface area contributed by atoms with Crippen LogP contribution in [0.15, 0.2) is 36.4 Å². The Kier molecular flexibility index (Phi) is 6.99. The van der Waals surface area contributed by atoms with E-state index in [-0.39, 0.29) is 10.0 Å². The number of carboxylic acid groups (broad SMARTS) is 2. The molecule has 0 unspecified atom stereocenters. The fraction of sp³-hybridized carbons (Fsp3) is 0. The quantitative estimate of drug-likeness (QED) is 0.574. The number of rotatable bonds is 4. The van der Waals surface area contributed by atoms with Crippen molar-refractivity contribution >= 4 is 46.5 Å². The molecule has 136 valence electrons. The van der Waals surface area contributed by atoms with Gasteiger partial charge in [-0.15, -0.1) is 0 Å². The van der Waals surface area contributed by atoms with Crippen LogP contribution in [0.4, 0.5) is 11.4 Å². The monoisotopic (exact) mass is 402 g/mol. The van der Waals surface area contributed by atoms with E-state index in [1.165, 1.54) is 24.3 Å². The molecule has 0 heterocycles. The fourth-order valence-corrected chi connectivity index (χ4v) is 2.25. The van der Waals surface area contributed by atoms with E-state index >= 15 is 0 Å². The average Bonchev–Trinajstić information content (AvgIpc) is 2.54. The second-order valence-electron chi connectivity index (χ2n) is 4.39. The SMILES string of the molecule is O=C(O)c1c(Cl)cccc1[N+](=O)[O-].O=C(O)c1c(Cl)cccc1[N+](=O)[O-]. The minimum Gasteiger partial charge on any atom is -0.477 e. The minimum atomic E-state index is -1.41. The molecule has 0 saturated heterocycles. The Labute approximate surface area is 154 Å². The minimum absolute atomic E-state index is 0.137. The van der Waals surface area contributed by atoms with Gasteiger partial charge in [-0.05, 0) is 12.1 Å². The lowest BCUT2D eigenvalue weighted by Gasteiger charge is -1.98. The summed E-state index contributed by atoms with van der Waals surface area (Å²) in [4.78, 5) is 40.3. The van der Waals surface area contributed by atoms with Gasteiger partial charge in [-0.1, -0.05) is 35.3 Å². The molecular formula is C14H8Cl2N2O8. The Morgan fingerprint density at radius 1 is 0.769 bits per heavy atom. The average molecular weight is 403 g/mol. The Balaban J connectivity index is 0.000000260. The van der Waals surface area contributed by atoms with E-state index in [2.05, 4.69) is 0 Å². The second-order valence-corrected chi connectivity index (χ2v) is 5.21. The van der Waals surface area contributed by atoms with Gasteiger partial charge in [0.25, 0.3) is 11.4 Å². The molecule has 2 aromatic rings. The molecule has 0 radical (unpaired) electrons. The molecule has 0 spiro atoms. The third-order valence-corrected chi connectivity index (χ3v) is 3.43. The number of benzene rings is 2. The number of nitrogens with zero attached hydrogens (tertiary/aromatic N) is 2. The number of carbonyl (C=O) groups is 2. The lowest BCUT2D eigenvalue weighted by atomic mass is 10.2. The number of hydrogen-bond acceptors (Lipinski definition) is 6. The van der Waals surface area contributed by atoms with Crippen LogP contribution in [0, 0.1) is 20.2 Å². The van der Waals surface area contributed by atoms with E-state index in [0.717, 1.165) is 12.1 Å². The molecule has 10 nitrogen and oxygen atoms in total. The van der Waals surface area contributed by atoms with Gasteiger partial charge < -0.3 is 10.2 Å². The predicted octanol–water partition coefficient (Wildman–Crippen LogP) is 3.89. The van der Waals surface area contributed by atoms with Gasteiger partial charge in [0.2, 0.25) is 0 Å². The van der Waals surface area contributed by atoms with Crippen LogP contribution in [0.2, 0.25) is 10.0 Å². The number of carboxylic acids is 2. The van der Waals surface area contributed by atoms with E-state index in [1.54, 1.807) is 0 Å². The van der Waals surface area contributed by atoms with Gasteiger partial charge in [0.1, 0.15) is 0 Å². The predicted molar refractivity (Wildman–Crippen MR) is 90.1 cm³/mol. The largest absolute Gasteiger partial charge is 0.477 e. The second kappa shape index (κ2) is 8.74. The Morgan fingerprint density at radius 3 is 1.27 bits per heavy atom. The smallest absolute Gasteiger partial charge is 0.344 e. The van der Waals surface area contributed by atoms with Crippen molar-refractivity contribution in [3.8, 4) is 0 Å². The number of aromatic carboxylic acids is 2. The highest BCUT2D eigenvalue weighted by atomic mass is 35.5. The summed E-state index contributed by atoms with van der Waals surface area (Å²) >= 11 is 11.0. The van der Waals surface area contributed by atoms with Gasteiger partial charge in [-0.2, -0.15) is 0 Å². The summed E-state index contributed by atoms with van der Waals surface area (Å²) in [5, 5.41) is 37.7. The first kappa shape index (κ1) is 20.8. The summed E-state index contributed by atoms with van der Waals surface area (Å²) in [6, 6.07) is 7.42. The molecular weight excluding hydrogens is 395 g/mol. The van der Waals surface area contributed by atoms with Crippen LogP contribution in [0.3, 0.4) is 0 Å². The van der Waals surface area contributed by atoms with Crippen molar-refractivity contribution in [2.75, 3.05) is 0 Å². The van der Waals surface area contributed by atoms with Crippen LogP contribution >= 0.6 is 23.2 Å². The number of hydrogen-bond donors (Lipinski definition) is 2. The molecule has 0 amide bonds. The van der Waals surface area contributed by atoms with E-state index in [9.17, 15) is 29.8 Å². The highest BCUT2D eigenvalue weighted by Crippen LogP contribution is 2.26. The summed E-state index contributed by atoms with van der Waals surface area (Å²) in [6.07, 6.45) is 0. The topological polar surface area (TPSA) is 161 Å². The normalized spacial score (nSPS) is 9.62. The lowest BCUT2D eigenvalue weighted by molar-refractivity contribution is -0.385. The van der Waals surface area contributed by atoms with E-state index in [4.69, 9.17) is 33.4 Å². The van der Waals surface area contributed by atoms with Crippen molar-refractivity contribution in [3.63, 3.8) is 0 Å². The number of halogens is 2. The van der Waals surface area contributed by atoms with Crippen molar-refractivity contribution in [2.24, 2.45) is 0 Å². The maximum atomic E-state index is 10.6. The Bertz CT molecular complexity index is 827. The summed E-state index contributed by atoms with van der Waals surface area (Å²) in [7, 11) is 0. The van der Waals surface area contributed by atoms with Crippen molar-refractivity contribution in [1.29, 1.82) is 0 Å². The van der Waals surface area contributed by atoms with Gasteiger partial charge >= 0.3 is 11.9 Å². The number of nitro benzene ring substituents is 2. The zero-order chi connectivity index (χ0) is 20.0. The molecule has 2 rings (SSSR count). The zero-order valence-corrected chi connectivity index (χ0v) is 14.0. The summed E-state index contributed by atoms with van der Waals surface area (Å²) in [6.45, 7) is 0. The van der Waals surface area contributed by atoms with E-state index < -0.39 is 44.3 Å². The summed E-state index contributed by atoms with van der Waals surface area (Å²) in [5.74, 6) is -2.81. The van der Waals surface area contributed by atoms with Gasteiger partial charge in [0.05, 0.1) is 19.9 Å². The molecule has 0 aliphatic carbocycles. The van der Waals surface area contributed by atoms with Crippen molar-refractivity contribution in [2.45, 2.75) is 0 Å². The highest BCUT2D eigenvalue weighted by Gasteiger charge is 2.23. The van der Waals surface area contributed by atoms with Crippen LogP contribution in [-0.4, -0.2) is 32.0 Å². The third-order valence-electron chi connectivity index (χ3n) is 2.80. The first-order valence-electron chi connectivity index (χ1n) is 6.40. The molecule has 0 fully saturated rings. The van der Waals surface area contributed by atoms with Gasteiger partial charge in [0, 0.05) is 12.1 Å². The van der Waals surface area contributed by atoms with Gasteiger partial charge in [-0.3, -0.25) is 20.2 Å². The first-order chi connectivity index (χ1) is 12.1. The van der Waals surface area contributed by atoms with Crippen LogP contribution in [0.5, 0.6) is 0 Å². The molecule has 0 bridgehead atoms. The fourth-order valence-electron chi connectivity index (χ4n) is 1.75. The Morgan fingerprint density at radius 2 is 1.08 bits per heavy atom. The third kappa shape index (κ3) is 4.88. The molecule has 0 aromatic heterocycles. The van der Waals surface area contributed by atoms with E-state index in [1.807, 2.05) is 0 Å². The van der Waals surface area contributed by atoms with E-state index in [0.29, 0.717) is 0 Å². The molecule has 0 aliphatic rings. The summed E-state index contributed by atoms with van der Waals surface area (Å²) in [5.41, 5.74) is -1.96. The van der Waals surface area contributed by atoms with Crippen LogP contribution in [-0.2, 0) is 0 Å². The number of nitro groups is 2. The maximum Gasteiger partial charge on any atom is 0.344 e. The highest BCUT2D eigenvalue weighted by molar-refractivity contribution is 6.34. The van der Waals surface area contributed by atoms with Crippen LogP contribution < -0.4 is 0 Å². The Hall–Kier alpha value is -3.24. The van der Waals surface area contributed by atoms with Crippen molar-refractivity contribution in [3.05, 3.63) is 77.8 Å². The molecule has 12 heteroatoms. The molecule has 2 N–H and O–H groups in total. The van der Waals surface area contributed by atoms with Crippen LogP contribution in [0.1, 0.15) is 20.7 Å². The summed E-state index contributed by atoms with van der Waals surface area (Å²) < 4.78 is 0. The molecule has 2 aromatic carbocycles. The molecule has 0 aliphatic heterocycles. The molecule has 0 saturated carbocycles. The van der Waals surface area contributed by atoms with Crippen molar-refractivity contribution in [1.82, 2.24) is 0 Å². The van der Waals surface area contributed by atoms with Crippen LogP contribution in [0.25, 0.3) is 0 Å². The zero-order valence-electron chi connectivity index (χ0n) is 12.5. The molecule has 26 heavy (non-hydrogen) atoms.